The van der Waals surface area contributed by atoms with E-state index in [0.29, 0.717) is 11.5 Å². The van der Waals surface area contributed by atoms with Gasteiger partial charge in [0.1, 0.15) is 0 Å². The zero-order valence-corrected chi connectivity index (χ0v) is 15.3. The molecule has 27 heavy (non-hydrogen) atoms. The Labute approximate surface area is 159 Å². The first-order valence-corrected chi connectivity index (χ1v) is 9.74. The molecule has 0 aliphatic heterocycles. The number of amides is 1. The Hall–Kier alpha value is -3.06. The van der Waals surface area contributed by atoms with Crippen LogP contribution >= 0.6 is 11.3 Å². The molecule has 2 aromatic heterocycles. The van der Waals surface area contributed by atoms with E-state index in [1.165, 1.54) is 35.3 Å². The number of aryl methyl sites for hydroxylation is 2. The Morgan fingerprint density at radius 1 is 1.04 bits per heavy atom. The Balaban J connectivity index is 1.36. The Bertz CT molecular complexity index is 1150. The second-order valence-electron chi connectivity index (χ2n) is 6.59. The molecule has 1 N–H and O–H groups in total. The molecule has 1 aliphatic carbocycles. The van der Waals surface area contributed by atoms with Gasteiger partial charge in [0.15, 0.2) is 0 Å². The Kier molecular flexibility index (Phi) is 3.94. The monoisotopic (exact) mass is 376 g/mol. The number of hydrogen-bond donors (Lipinski definition) is 1. The van der Waals surface area contributed by atoms with Crippen LogP contribution < -0.4 is 5.32 Å². The smallest absolute Gasteiger partial charge is 0.322 e. The fraction of sp³-hybridized carbons (Fsp3) is 0.200. The molecule has 0 bridgehead atoms. The summed E-state index contributed by atoms with van der Waals surface area (Å²) in [7, 11) is 0. The molecule has 134 valence electrons. The van der Waals surface area contributed by atoms with E-state index in [4.69, 9.17) is 4.42 Å². The van der Waals surface area contributed by atoms with Gasteiger partial charge in [0.05, 0.1) is 15.7 Å². The SMILES string of the molecule is O=C(Nc1nnc(-c2ccc3c(c2)CCCC3)o1)c1ccc2ncsc2c1. The number of carbonyl (C=O) groups is 1. The number of hydrogen-bond acceptors (Lipinski definition) is 6. The summed E-state index contributed by atoms with van der Waals surface area (Å²) in [5.41, 5.74) is 6.80. The van der Waals surface area contributed by atoms with Crippen LogP contribution in [0.2, 0.25) is 0 Å². The standard InChI is InChI=1S/C20H16N4O2S/c25-18(14-7-8-16-17(10-14)27-11-21-16)22-20-24-23-19(26-20)15-6-5-12-3-1-2-4-13(12)9-15/h5-11H,1-4H2,(H,22,24,25). The van der Waals surface area contributed by atoms with Gasteiger partial charge in [0.2, 0.25) is 5.89 Å². The number of aromatic nitrogens is 3. The van der Waals surface area contributed by atoms with Crippen LogP contribution in [-0.4, -0.2) is 21.1 Å². The fourth-order valence-electron chi connectivity index (χ4n) is 3.42. The summed E-state index contributed by atoms with van der Waals surface area (Å²) in [5, 5.41) is 10.7. The molecule has 0 radical (unpaired) electrons. The Morgan fingerprint density at radius 2 is 1.93 bits per heavy atom. The number of rotatable bonds is 3. The van der Waals surface area contributed by atoms with Gasteiger partial charge in [-0.1, -0.05) is 11.2 Å². The van der Waals surface area contributed by atoms with Crippen molar-refractivity contribution in [3.63, 3.8) is 0 Å². The van der Waals surface area contributed by atoms with Gasteiger partial charge in [-0.25, -0.2) is 4.98 Å². The molecule has 4 aromatic rings. The molecule has 7 heteroatoms. The lowest BCUT2D eigenvalue weighted by Gasteiger charge is -2.15. The third-order valence-corrected chi connectivity index (χ3v) is 5.63. The van der Waals surface area contributed by atoms with Gasteiger partial charge in [-0.05, 0) is 67.1 Å². The molecule has 0 spiro atoms. The largest absolute Gasteiger partial charge is 0.403 e. The zero-order valence-electron chi connectivity index (χ0n) is 14.4. The van der Waals surface area contributed by atoms with E-state index in [-0.39, 0.29) is 11.9 Å². The van der Waals surface area contributed by atoms with E-state index in [2.05, 4.69) is 32.6 Å². The number of nitrogens with zero attached hydrogens (tertiary/aromatic N) is 3. The summed E-state index contributed by atoms with van der Waals surface area (Å²) in [5.74, 6) is 0.127. The van der Waals surface area contributed by atoms with E-state index in [9.17, 15) is 4.79 Å². The van der Waals surface area contributed by atoms with Crippen molar-refractivity contribution < 1.29 is 9.21 Å². The summed E-state index contributed by atoms with van der Waals surface area (Å²) in [4.78, 5) is 16.7. The molecule has 0 atom stereocenters. The van der Waals surface area contributed by atoms with Gasteiger partial charge < -0.3 is 4.42 Å². The number of carbonyl (C=O) groups excluding carboxylic acids is 1. The predicted molar refractivity (Wildman–Crippen MR) is 104 cm³/mol. The summed E-state index contributed by atoms with van der Waals surface area (Å²) < 4.78 is 6.62. The van der Waals surface area contributed by atoms with Crippen molar-refractivity contribution in [2.45, 2.75) is 25.7 Å². The van der Waals surface area contributed by atoms with Crippen LogP contribution in [0.25, 0.3) is 21.7 Å². The number of benzene rings is 2. The van der Waals surface area contributed by atoms with E-state index < -0.39 is 0 Å². The number of fused-ring (bicyclic) bond motifs is 2. The van der Waals surface area contributed by atoms with Gasteiger partial charge >= 0.3 is 6.01 Å². The third kappa shape index (κ3) is 3.10. The summed E-state index contributed by atoms with van der Waals surface area (Å²) in [6.07, 6.45) is 4.67. The van der Waals surface area contributed by atoms with Gasteiger partial charge in [-0.2, -0.15) is 0 Å². The first-order valence-electron chi connectivity index (χ1n) is 8.86. The zero-order chi connectivity index (χ0) is 18.2. The summed E-state index contributed by atoms with van der Waals surface area (Å²) >= 11 is 1.50. The highest BCUT2D eigenvalue weighted by molar-refractivity contribution is 7.16. The molecule has 1 amide bonds. The molecule has 0 saturated carbocycles. The molecular weight excluding hydrogens is 360 g/mol. The average molecular weight is 376 g/mol. The first kappa shape index (κ1) is 16.1. The molecular formula is C20H16N4O2S. The number of thiazole rings is 1. The molecule has 0 unspecified atom stereocenters. The van der Waals surface area contributed by atoms with Crippen LogP contribution in [0, 0.1) is 0 Å². The maximum absolute atomic E-state index is 12.5. The number of anilines is 1. The second kappa shape index (κ2) is 6.59. The highest BCUT2D eigenvalue weighted by Crippen LogP contribution is 2.27. The maximum atomic E-state index is 12.5. The van der Waals surface area contributed by atoms with Gasteiger partial charge in [-0.15, -0.1) is 16.4 Å². The van der Waals surface area contributed by atoms with E-state index in [1.54, 1.807) is 11.6 Å². The normalized spacial score (nSPS) is 13.5. The minimum Gasteiger partial charge on any atom is -0.403 e. The third-order valence-electron chi connectivity index (χ3n) is 4.83. The molecule has 6 nitrogen and oxygen atoms in total. The topological polar surface area (TPSA) is 80.9 Å². The van der Waals surface area contributed by atoms with Crippen LogP contribution in [0.5, 0.6) is 0 Å². The summed E-state index contributed by atoms with van der Waals surface area (Å²) in [6, 6.07) is 11.7. The first-order chi connectivity index (χ1) is 13.3. The van der Waals surface area contributed by atoms with Crippen LogP contribution in [0.1, 0.15) is 34.3 Å². The van der Waals surface area contributed by atoms with Crippen molar-refractivity contribution in [3.8, 4) is 11.5 Å². The molecule has 1 aliphatic rings. The van der Waals surface area contributed by atoms with E-state index in [1.807, 2.05) is 18.2 Å². The predicted octanol–water partition coefficient (Wildman–Crippen LogP) is 4.48. The maximum Gasteiger partial charge on any atom is 0.322 e. The van der Waals surface area contributed by atoms with Crippen molar-refractivity contribution in [1.82, 2.24) is 15.2 Å². The van der Waals surface area contributed by atoms with Crippen molar-refractivity contribution in [3.05, 3.63) is 58.6 Å². The fourth-order valence-corrected chi connectivity index (χ4v) is 4.14. The lowest BCUT2D eigenvalue weighted by molar-refractivity contribution is 0.102. The molecule has 2 aromatic carbocycles. The van der Waals surface area contributed by atoms with Crippen LogP contribution in [0.15, 0.2) is 46.3 Å². The second-order valence-corrected chi connectivity index (χ2v) is 7.48. The minimum atomic E-state index is -0.286. The van der Waals surface area contributed by atoms with Crippen LogP contribution in [0.3, 0.4) is 0 Å². The van der Waals surface area contributed by atoms with Crippen molar-refractivity contribution in [1.29, 1.82) is 0 Å². The van der Waals surface area contributed by atoms with E-state index in [0.717, 1.165) is 28.6 Å². The molecule has 0 saturated heterocycles. The average Bonchev–Trinajstić information content (AvgIpc) is 3.36. The number of nitrogens with one attached hydrogen (secondary N) is 1. The molecule has 5 rings (SSSR count). The minimum absolute atomic E-state index is 0.0946. The van der Waals surface area contributed by atoms with Crippen molar-refractivity contribution in [2.75, 3.05) is 5.32 Å². The quantitative estimate of drug-likeness (QED) is 0.570. The summed E-state index contributed by atoms with van der Waals surface area (Å²) in [6.45, 7) is 0. The van der Waals surface area contributed by atoms with Crippen molar-refractivity contribution in [2.24, 2.45) is 0 Å². The van der Waals surface area contributed by atoms with Gasteiger partial charge in [0.25, 0.3) is 5.91 Å². The highest BCUT2D eigenvalue weighted by atomic mass is 32.1. The van der Waals surface area contributed by atoms with Gasteiger partial charge in [0, 0.05) is 11.1 Å². The Morgan fingerprint density at radius 3 is 2.85 bits per heavy atom. The molecule has 2 heterocycles. The lowest BCUT2D eigenvalue weighted by atomic mass is 9.90. The lowest BCUT2D eigenvalue weighted by Crippen LogP contribution is -2.11. The van der Waals surface area contributed by atoms with Gasteiger partial charge in [-0.3, -0.25) is 10.1 Å². The highest BCUT2D eigenvalue weighted by Gasteiger charge is 2.16. The van der Waals surface area contributed by atoms with Crippen LogP contribution in [0.4, 0.5) is 6.01 Å². The van der Waals surface area contributed by atoms with Crippen molar-refractivity contribution >= 4 is 33.5 Å². The van der Waals surface area contributed by atoms with Crippen LogP contribution in [-0.2, 0) is 12.8 Å². The van der Waals surface area contributed by atoms with E-state index >= 15 is 0 Å². The molecule has 0 fully saturated rings.